The number of unbranched alkanes of at least 4 members (excludes halogenated alkanes) is 10. The molecule has 1 aliphatic carbocycles. The van der Waals surface area contributed by atoms with Crippen molar-refractivity contribution in [2.45, 2.75) is 89.3 Å². The molecule has 2 rings (SSSR count). The average molecular weight is 445 g/mol. The van der Waals surface area contributed by atoms with Gasteiger partial charge in [-0.2, -0.15) is 0 Å². The summed E-state index contributed by atoms with van der Waals surface area (Å²) in [5, 5.41) is 17.7. The van der Waals surface area contributed by atoms with E-state index in [0.29, 0.717) is 26.4 Å². The molecule has 2 N–H and O–H groups in total. The van der Waals surface area contributed by atoms with E-state index in [1.54, 1.807) is 0 Å². The van der Waals surface area contributed by atoms with Crippen LogP contribution in [0.4, 0.5) is 0 Å². The van der Waals surface area contributed by atoms with Crippen molar-refractivity contribution in [3.8, 4) is 0 Å². The van der Waals surface area contributed by atoms with Crippen molar-refractivity contribution in [3.63, 3.8) is 0 Å². The molecule has 0 unspecified atom stereocenters. The average Bonchev–Trinajstić information content (AvgIpc) is 2.83. The van der Waals surface area contributed by atoms with Gasteiger partial charge < -0.3 is 19.7 Å². The molecule has 0 atom stereocenters. The number of hydrogen-bond donors (Lipinski definition) is 2. The van der Waals surface area contributed by atoms with E-state index in [0.717, 1.165) is 57.8 Å². The largest absolute Gasteiger partial charge is 0.396 e. The predicted molar refractivity (Wildman–Crippen MR) is 132 cm³/mol. The molecule has 180 valence electrons. The molecule has 0 heterocycles. The minimum absolute atomic E-state index is 0.302. The van der Waals surface area contributed by atoms with Crippen LogP contribution in [0.2, 0.25) is 0 Å². The Balaban J connectivity index is 1.77. The fraction of sp³-hybridized carbons (Fsp3) is 0.643. The molecule has 0 saturated carbocycles. The number of hydrogen-bond acceptors (Lipinski definition) is 4. The molecule has 0 aromatic heterocycles. The number of allylic oxidation sites excluding steroid dienone is 2. The molecule has 0 fully saturated rings. The molecule has 0 spiro atoms. The summed E-state index contributed by atoms with van der Waals surface area (Å²) in [5.41, 5.74) is 2.45. The topological polar surface area (TPSA) is 58.9 Å². The van der Waals surface area contributed by atoms with Crippen molar-refractivity contribution < 1.29 is 19.7 Å². The Labute approximate surface area is 195 Å². The van der Waals surface area contributed by atoms with Crippen LogP contribution >= 0.6 is 0 Å². The Kier molecular flexibility index (Phi) is 14.3. The molecule has 4 nitrogen and oxygen atoms in total. The summed E-state index contributed by atoms with van der Waals surface area (Å²) >= 11 is 0. The third-order valence-corrected chi connectivity index (χ3v) is 6.03. The number of rotatable bonds is 19. The third kappa shape index (κ3) is 10.9. The molecule has 1 aromatic carbocycles. The zero-order valence-electron chi connectivity index (χ0n) is 19.9. The van der Waals surface area contributed by atoms with Gasteiger partial charge in [0.15, 0.2) is 5.79 Å². The molecule has 0 amide bonds. The summed E-state index contributed by atoms with van der Waals surface area (Å²) in [7, 11) is 0. The number of aliphatic hydroxyl groups excluding tert-OH is 2. The second-order valence-electron chi connectivity index (χ2n) is 8.76. The van der Waals surface area contributed by atoms with Gasteiger partial charge >= 0.3 is 0 Å². The zero-order valence-corrected chi connectivity index (χ0v) is 19.9. The van der Waals surface area contributed by atoms with Crippen molar-refractivity contribution in [2.75, 3.05) is 26.4 Å². The second kappa shape index (κ2) is 17.1. The first-order chi connectivity index (χ1) is 15.8. The summed E-state index contributed by atoms with van der Waals surface area (Å²) in [4.78, 5) is 0. The molecule has 1 aliphatic rings. The number of aliphatic hydroxyl groups is 2. The van der Waals surface area contributed by atoms with Crippen LogP contribution in [0.5, 0.6) is 0 Å². The SMILES string of the molecule is OCCCCCCCCOC1(OCCCCCCCCO)C=CC(c2ccccc2)=CC1. The molecule has 0 radical (unpaired) electrons. The van der Waals surface area contributed by atoms with Crippen LogP contribution in [0.3, 0.4) is 0 Å². The van der Waals surface area contributed by atoms with Crippen LogP contribution in [-0.4, -0.2) is 42.4 Å². The molecule has 0 aliphatic heterocycles. The van der Waals surface area contributed by atoms with Crippen molar-refractivity contribution in [3.05, 3.63) is 54.1 Å². The second-order valence-corrected chi connectivity index (χ2v) is 8.76. The van der Waals surface area contributed by atoms with Gasteiger partial charge in [0.25, 0.3) is 0 Å². The lowest BCUT2D eigenvalue weighted by Crippen LogP contribution is -2.35. The first kappa shape index (κ1) is 26.8. The molecule has 1 aromatic rings. The normalized spacial score (nSPS) is 15.1. The molecular weight excluding hydrogens is 400 g/mol. The van der Waals surface area contributed by atoms with E-state index in [4.69, 9.17) is 19.7 Å². The zero-order chi connectivity index (χ0) is 22.7. The fourth-order valence-corrected chi connectivity index (χ4v) is 4.04. The molecule has 4 heteroatoms. The minimum Gasteiger partial charge on any atom is -0.396 e. The van der Waals surface area contributed by atoms with E-state index in [1.807, 2.05) is 6.07 Å². The Bertz CT molecular complexity index is 618. The van der Waals surface area contributed by atoms with Gasteiger partial charge in [-0.05, 0) is 42.9 Å². The molecule has 0 bridgehead atoms. The van der Waals surface area contributed by atoms with E-state index in [1.165, 1.54) is 36.8 Å². The maximum Gasteiger partial charge on any atom is 0.191 e. The summed E-state index contributed by atoms with van der Waals surface area (Å²) in [5.74, 6) is -0.647. The van der Waals surface area contributed by atoms with E-state index < -0.39 is 5.79 Å². The molecule has 32 heavy (non-hydrogen) atoms. The van der Waals surface area contributed by atoms with Gasteiger partial charge in [0, 0.05) is 19.6 Å². The van der Waals surface area contributed by atoms with Crippen LogP contribution in [-0.2, 0) is 9.47 Å². The Morgan fingerprint density at radius 2 is 1.16 bits per heavy atom. The standard InChI is InChI=1S/C28H44O4/c29-22-12-5-1-3-7-14-24-31-28(32-25-15-8-4-2-6-13-23-30)20-18-27(19-21-28)26-16-10-9-11-17-26/h9-11,16-20,29-30H,1-8,12-15,21-25H2. The van der Waals surface area contributed by atoms with Crippen molar-refractivity contribution in [1.29, 1.82) is 0 Å². The van der Waals surface area contributed by atoms with E-state index >= 15 is 0 Å². The van der Waals surface area contributed by atoms with Gasteiger partial charge in [-0.15, -0.1) is 0 Å². The minimum atomic E-state index is -0.647. The van der Waals surface area contributed by atoms with Crippen LogP contribution in [0, 0.1) is 0 Å². The predicted octanol–water partition coefficient (Wildman–Crippen LogP) is 6.43. The lowest BCUT2D eigenvalue weighted by atomic mass is 9.96. The quantitative estimate of drug-likeness (QED) is 0.191. The van der Waals surface area contributed by atoms with E-state index in [2.05, 4.69) is 42.5 Å². The Morgan fingerprint density at radius 1 is 0.656 bits per heavy atom. The van der Waals surface area contributed by atoms with Gasteiger partial charge in [0.2, 0.25) is 0 Å². The highest BCUT2D eigenvalue weighted by Gasteiger charge is 2.30. The van der Waals surface area contributed by atoms with Gasteiger partial charge in [0.1, 0.15) is 0 Å². The number of ether oxygens (including phenoxy) is 2. The Morgan fingerprint density at radius 3 is 1.62 bits per heavy atom. The summed E-state index contributed by atoms with van der Waals surface area (Å²) in [6.07, 6.45) is 20.4. The number of benzene rings is 1. The fourth-order valence-electron chi connectivity index (χ4n) is 4.04. The maximum atomic E-state index is 8.87. The molecule has 0 saturated heterocycles. The monoisotopic (exact) mass is 444 g/mol. The van der Waals surface area contributed by atoms with Crippen LogP contribution in [0.15, 0.2) is 48.6 Å². The van der Waals surface area contributed by atoms with Crippen molar-refractivity contribution in [2.24, 2.45) is 0 Å². The highest BCUT2D eigenvalue weighted by atomic mass is 16.7. The van der Waals surface area contributed by atoms with Crippen molar-refractivity contribution >= 4 is 5.57 Å². The van der Waals surface area contributed by atoms with Gasteiger partial charge in [-0.1, -0.05) is 93.9 Å². The summed E-state index contributed by atoms with van der Waals surface area (Å²) in [6.45, 7) is 2.02. The Hall–Kier alpha value is -1.46. The van der Waals surface area contributed by atoms with Gasteiger partial charge in [0.05, 0.1) is 13.2 Å². The first-order valence-corrected chi connectivity index (χ1v) is 12.7. The maximum absolute atomic E-state index is 8.87. The highest BCUT2D eigenvalue weighted by Crippen LogP contribution is 2.31. The van der Waals surface area contributed by atoms with Crippen molar-refractivity contribution in [1.82, 2.24) is 0 Å². The highest BCUT2D eigenvalue weighted by molar-refractivity contribution is 5.75. The molecular formula is C28H44O4. The van der Waals surface area contributed by atoms with Gasteiger partial charge in [-0.25, -0.2) is 0 Å². The lowest BCUT2D eigenvalue weighted by molar-refractivity contribution is -0.203. The van der Waals surface area contributed by atoms with E-state index in [9.17, 15) is 0 Å². The lowest BCUT2D eigenvalue weighted by Gasteiger charge is -2.33. The summed E-state index contributed by atoms with van der Waals surface area (Å²) in [6, 6.07) is 10.5. The first-order valence-electron chi connectivity index (χ1n) is 12.7. The van der Waals surface area contributed by atoms with Crippen LogP contribution in [0.25, 0.3) is 5.57 Å². The van der Waals surface area contributed by atoms with Crippen LogP contribution < -0.4 is 0 Å². The van der Waals surface area contributed by atoms with E-state index in [-0.39, 0.29) is 0 Å². The van der Waals surface area contributed by atoms with Gasteiger partial charge in [-0.3, -0.25) is 0 Å². The van der Waals surface area contributed by atoms with Crippen LogP contribution in [0.1, 0.15) is 89.0 Å². The smallest absolute Gasteiger partial charge is 0.191 e. The summed E-state index contributed by atoms with van der Waals surface area (Å²) < 4.78 is 12.6. The third-order valence-electron chi connectivity index (χ3n) is 6.03.